The molecule has 0 N–H and O–H groups in total. The molecule has 2 aromatic carbocycles. The van der Waals surface area contributed by atoms with Crippen LogP contribution in [0.1, 0.15) is 72.1 Å². The minimum atomic E-state index is -3.45. The number of carbonyl (C=O) groups is 3. The topological polar surface area (TPSA) is 151 Å². The first-order chi connectivity index (χ1) is 25.3. The Morgan fingerprint density at radius 1 is 0.648 bits per heavy atom. The summed E-state index contributed by atoms with van der Waals surface area (Å²) in [5.41, 5.74) is 1.07. The van der Waals surface area contributed by atoms with Gasteiger partial charge >= 0.3 is 215 Å². The van der Waals surface area contributed by atoms with Gasteiger partial charge in [-0.2, -0.15) is 0 Å². The number of rotatable bonds is 22. The van der Waals surface area contributed by atoms with Gasteiger partial charge in [-0.25, -0.2) is 13.2 Å². The summed E-state index contributed by atoms with van der Waals surface area (Å²) >= 11 is -2.96. The van der Waals surface area contributed by atoms with Crippen LogP contribution in [0.5, 0.6) is 0 Å². The van der Waals surface area contributed by atoms with Gasteiger partial charge in [-0.05, 0) is 30.7 Å². The molecule has 16 heteroatoms. The number of sulfone groups is 2. The van der Waals surface area contributed by atoms with E-state index in [2.05, 4.69) is 21.7 Å². The van der Waals surface area contributed by atoms with Crippen molar-refractivity contribution >= 4 is 71.1 Å². The second-order valence-electron chi connectivity index (χ2n) is 14.4. The molecule has 0 aliphatic carbocycles. The standard InChI is InChI=1S/C35H53N4O9S2.3CH3.Sn/c1-7-10-13-14-33(40)38(6)39(23-25-47-34(41)36(4)29-15-19-31(20-16-29)49(43,44)27-11-8-2)24-26-48-35(42)37(5)30-17-21-32(22-18-30)50(45,46)28-12-9-3;;;;/h15-17,19-22H,7-14,23-28H2,1-6H3;3*1H3;. The molecule has 0 aliphatic rings. The molecule has 0 atom stereocenters. The fraction of sp³-hybridized carbons (Fsp3) is 0.605. The molecule has 0 fully saturated rings. The molecule has 0 saturated heterocycles. The van der Waals surface area contributed by atoms with Gasteiger partial charge in [0.15, 0.2) is 9.84 Å². The number of nitrogens with zero attached hydrogens (tertiary/aromatic N) is 4. The van der Waals surface area contributed by atoms with Crippen LogP contribution in [-0.4, -0.2) is 122 Å². The normalized spacial score (nSPS) is 12.0. The average Bonchev–Trinajstić information content (AvgIpc) is 3.14. The Morgan fingerprint density at radius 3 is 1.63 bits per heavy atom. The number of hydrazine groups is 1. The van der Waals surface area contributed by atoms with E-state index in [4.69, 9.17) is 9.47 Å². The molecule has 0 spiro atoms. The van der Waals surface area contributed by atoms with Crippen molar-refractivity contribution in [3.8, 4) is 0 Å². The molecular formula is C38H62N4O9S2Sn. The summed E-state index contributed by atoms with van der Waals surface area (Å²) in [5.74, 6) is 0.00782. The molecule has 2 rings (SSSR count). The average molecular weight is 902 g/mol. The quantitative estimate of drug-likeness (QED) is 0.0730. The molecule has 2 aromatic rings. The van der Waals surface area contributed by atoms with Gasteiger partial charge in [0, 0.05) is 12.7 Å². The molecule has 3 amide bonds. The Labute approximate surface area is 328 Å². The fourth-order valence-corrected chi connectivity index (χ4v) is 13.3. The van der Waals surface area contributed by atoms with Crippen molar-refractivity contribution < 1.29 is 40.7 Å². The molecule has 0 aromatic heterocycles. The van der Waals surface area contributed by atoms with Crippen LogP contribution in [0, 0.1) is 0 Å². The second kappa shape index (κ2) is 22.0. The van der Waals surface area contributed by atoms with Crippen molar-refractivity contribution in [3.05, 3.63) is 42.5 Å². The molecule has 0 heterocycles. The Kier molecular flexibility index (Phi) is 19.3. The number of amides is 3. The van der Waals surface area contributed by atoms with E-state index in [-0.39, 0.29) is 53.5 Å². The van der Waals surface area contributed by atoms with Crippen molar-refractivity contribution in [1.29, 1.82) is 0 Å². The SMILES string of the molecule is CCCCCC(=O)N(C)N(CCOC(=O)N(C)c1ccc(S(=O)(=O)CCCC)cc1)CCOC(=O)N(C)c1ccc(S(=O)(=O)CCCC)c[c]1[Sn]([CH3])([CH3])[CH3]. The number of ether oxygens (including phenoxy) is 2. The van der Waals surface area contributed by atoms with Gasteiger partial charge in [-0.15, -0.1) is 0 Å². The van der Waals surface area contributed by atoms with Crippen LogP contribution in [0.2, 0.25) is 14.8 Å². The molecule has 54 heavy (non-hydrogen) atoms. The Hall–Kier alpha value is -2.89. The van der Waals surface area contributed by atoms with Gasteiger partial charge in [0.2, 0.25) is 0 Å². The predicted octanol–water partition coefficient (Wildman–Crippen LogP) is 6.48. The molecule has 0 aliphatic heterocycles. The van der Waals surface area contributed by atoms with E-state index in [9.17, 15) is 31.2 Å². The van der Waals surface area contributed by atoms with Gasteiger partial charge in [-0.3, -0.25) is 4.90 Å². The van der Waals surface area contributed by atoms with Gasteiger partial charge < -0.3 is 0 Å². The predicted molar refractivity (Wildman–Crippen MR) is 218 cm³/mol. The van der Waals surface area contributed by atoms with Crippen LogP contribution in [-0.2, 0) is 33.9 Å². The van der Waals surface area contributed by atoms with Crippen molar-refractivity contribution in [2.45, 2.75) is 96.7 Å². The van der Waals surface area contributed by atoms with Crippen molar-refractivity contribution in [1.82, 2.24) is 10.0 Å². The first-order valence-electron chi connectivity index (χ1n) is 18.8. The number of benzene rings is 2. The van der Waals surface area contributed by atoms with E-state index in [1.165, 1.54) is 34.0 Å². The van der Waals surface area contributed by atoms with E-state index in [0.29, 0.717) is 30.6 Å². The number of anilines is 2. The third-order valence-corrected chi connectivity index (χ3v) is 18.5. The van der Waals surface area contributed by atoms with Crippen LogP contribution in [0.25, 0.3) is 0 Å². The number of hydrogen-bond acceptors (Lipinski definition) is 10. The van der Waals surface area contributed by atoms with Gasteiger partial charge in [0.1, 0.15) is 0 Å². The molecule has 13 nitrogen and oxygen atoms in total. The summed E-state index contributed by atoms with van der Waals surface area (Å²) in [6.07, 6.45) is 4.32. The van der Waals surface area contributed by atoms with Crippen LogP contribution >= 0.6 is 0 Å². The zero-order chi connectivity index (χ0) is 40.7. The van der Waals surface area contributed by atoms with E-state index in [0.717, 1.165) is 35.7 Å². The maximum atomic E-state index is 13.3. The van der Waals surface area contributed by atoms with Crippen LogP contribution in [0.4, 0.5) is 21.0 Å². The first kappa shape index (κ1) is 47.3. The maximum absolute atomic E-state index is 13.3. The van der Waals surface area contributed by atoms with Gasteiger partial charge in [-0.1, -0.05) is 33.1 Å². The van der Waals surface area contributed by atoms with Crippen LogP contribution in [0.3, 0.4) is 0 Å². The summed E-state index contributed by atoms with van der Waals surface area (Å²) < 4.78 is 63.1. The van der Waals surface area contributed by atoms with Crippen molar-refractivity contribution in [2.75, 3.05) is 68.8 Å². The van der Waals surface area contributed by atoms with E-state index < -0.39 is 50.2 Å². The van der Waals surface area contributed by atoms with E-state index in [1.807, 2.05) is 13.8 Å². The van der Waals surface area contributed by atoms with Crippen LogP contribution in [0.15, 0.2) is 52.3 Å². The summed E-state index contributed by atoms with van der Waals surface area (Å²) in [5, 5.41) is 3.13. The molecule has 0 bridgehead atoms. The molecular weight excluding hydrogens is 839 g/mol. The second-order valence-corrected chi connectivity index (χ2v) is 33.0. The van der Waals surface area contributed by atoms with Crippen LogP contribution < -0.4 is 13.4 Å². The van der Waals surface area contributed by atoms with E-state index in [1.54, 1.807) is 49.4 Å². The Balaban J connectivity index is 2.13. The summed E-state index contributed by atoms with van der Waals surface area (Å²) in [4.78, 5) is 48.9. The summed E-state index contributed by atoms with van der Waals surface area (Å²) in [7, 11) is -2.11. The summed E-state index contributed by atoms with van der Waals surface area (Å²) in [6.45, 7) is 6.04. The third kappa shape index (κ3) is 14.3. The number of carbonyl (C=O) groups excluding carboxylic acids is 3. The monoisotopic (exact) mass is 902 g/mol. The van der Waals surface area contributed by atoms with Gasteiger partial charge in [0.25, 0.3) is 0 Å². The van der Waals surface area contributed by atoms with E-state index >= 15 is 0 Å². The third-order valence-electron chi connectivity index (χ3n) is 9.09. The first-order valence-corrected chi connectivity index (χ1v) is 32.1. The zero-order valence-electron chi connectivity index (χ0n) is 33.7. The molecule has 0 radical (unpaired) electrons. The van der Waals surface area contributed by atoms with Crippen molar-refractivity contribution in [3.63, 3.8) is 0 Å². The van der Waals surface area contributed by atoms with Crippen molar-refractivity contribution in [2.24, 2.45) is 0 Å². The Bertz CT molecular complexity index is 1750. The minimum absolute atomic E-state index is 0.0597. The molecule has 304 valence electrons. The number of hydrogen-bond donors (Lipinski definition) is 0. The Morgan fingerprint density at radius 2 is 1.13 bits per heavy atom. The number of unbranched alkanes of at least 4 members (excludes halogenated alkanes) is 4. The molecule has 0 saturated carbocycles. The molecule has 0 unspecified atom stereocenters. The van der Waals surface area contributed by atoms with Gasteiger partial charge in [0.05, 0.1) is 10.6 Å². The fourth-order valence-electron chi connectivity index (χ4n) is 5.51. The zero-order valence-corrected chi connectivity index (χ0v) is 38.2. The summed E-state index contributed by atoms with van der Waals surface area (Å²) in [6, 6.07) is 11.0.